The molecule has 19 heteroatoms. The van der Waals surface area contributed by atoms with Gasteiger partial charge < -0.3 is 35.8 Å². The van der Waals surface area contributed by atoms with Crippen molar-refractivity contribution >= 4 is 82.4 Å². The van der Waals surface area contributed by atoms with Gasteiger partial charge in [-0.15, -0.1) is 0 Å². The molecular formula is C41H37Cl2N7O10. The molecule has 1 aliphatic heterocycles. The van der Waals surface area contributed by atoms with E-state index in [1.54, 1.807) is 12.1 Å². The molecule has 17 nitrogen and oxygen atoms in total. The number of aromatic hydroxyl groups is 1. The molecule has 60 heavy (non-hydrogen) atoms. The Bertz CT molecular complexity index is 2340. The minimum absolute atomic E-state index is 0.0618. The third-order valence-electron chi connectivity index (χ3n) is 9.51. The SMILES string of the molecule is CC(=O)C[C@@H](/C=N\NC(N)=O)NC(=O)CN1C(=O)[C@@H](NC(=O)c2cc(Cl)c(O)c(Cl)c2)CN(C(=O)COC(=O)OCC2c3ccccc3-c3ccccc32)c2ccccc21. The number of nitrogens with zero attached hydrogens (tertiary/aromatic N) is 3. The lowest BCUT2D eigenvalue weighted by atomic mass is 9.98. The summed E-state index contributed by atoms with van der Waals surface area (Å²) in [5, 5.41) is 18.3. The van der Waals surface area contributed by atoms with E-state index in [-0.39, 0.29) is 51.7 Å². The van der Waals surface area contributed by atoms with Crippen molar-refractivity contribution in [2.24, 2.45) is 10.8 Å². The molecule has 0 saturated heterocycles. The van der Waals surface area contributed by atoms with Crippen molar-refractivity contribution in [3.8, 4) is 16.9 Å². The molecule has 2 atom stereocenters. The normalized spacial score (nSPS) is 14.9. The quantitative estimate of drug-likeness (QED) is 0.0727. The molecule has 1 aliphatic carbocycles. The molecule has 0 aromatic heterocycles. The van der Waals surface area contributed by atoms with Crippen molar-refractivity contribution in [3.05, 3.63) is 112 Å². The number of amides is 6. The van der Waals surface area contributed by atoms with Gasteiger partial charge in [0.05, 0.1) is 34.0 Å². The molecule has 310 valence electrons. The fraction of sp³-hybridized carbons (Fsp3) is 0.220. The zero-order chi connectivity index (χ0) is 43.1. The molecule has 0 spiro atoms. The van der Waals surface area contributed by atoms with E-state index in [0.717, 1.165) is 50.4 Å². The maximum Gasteiger partial charge on any atom is 0.508 e. The molecule has 4 aromatic rings. The molecule has 0 unspecified atom stereocenters. The van der Waals surface area contributed by atoms with E-state index in [4.69, 9.17) is 38.4 Å². The van der Waals surface area contributed by atoms with Crippen LogP contribution in [0, 0.1) is 0 Å². The molecule has 6 amide bonds. The summed E-state index contributed by atoms with van der Waals surface area (Å²) in [6.07, 6.45) is -0.276. The molecule has 6 N–H and O–H groups in total. The van der Waals surface area contributed by atoms with E-state index in [0.29, 0.717) is 0 Å². The standard InChI is InChI=1S/C41H37Cl2N7O10/c1-22(51)14-24(17-45-48-40(44)57)46-35(52)19-50-34-13-7-6-12-33(34)49(18-32(39(50)56)47-38(55)23-15-30(42)37(54)31(43)16-23)36(53)21-60-41(58)59-20-29-27-10-4-2-8-25(27)26-9-3-5-11-28(26)29/h2-13,15-17,24,29,32,54H,14,18-21H2,1H3,(H,46,52)(H,47,55)(H3,44,48,57)/b45-17-/t24-,32-/m0/s1. The number of hydrogen-bond acceptors (Lipinski definition) is 11. The second-order valence-electron chi connectivity index (χ2n) is 13.6. The average molecular weight is 859 g/mol. The van der Waals surface area contributed by atoms with Crippen LogP contribution in [-0.2, 0) is 28.7 Å². The van der Waals surface area contributed by atoms with Crippen LogP contribution in [0.25, 0.3) is 11.1 Å². The number of phenolic OH excluding ortho intramolecular Hbond substituents is 1. The maximum absolute atomic E-state index is 14.4. The number of rotatable bonds is 13. The van der Waals surface area contributed by atoms with Gasteiger partial charge in [-0.25, -0.2) is 15.0 Å². The molecule has 6 rings (SSSR count). The number of ketones is 1. The number of anilines is 2. The summed E-state index contributed by atoms with van der Waals surface area (Å²) in [7, 11) is 0. The number of urea groups is 1. The van der Waals surface area contributed by atoms with Crippen molar-refractivity contribution in [2.75, 3.05) is 36.1 Å². The third-order valence-corrected chi connectivity index (χ3v) is 10.1. The van der Waals surface area contributed by atoms with E-state index < -0.39 is 73.3 Å². The van der Waals surface area contributed by atoms with Crippen LogP contribution in [-0.4, -0.2) is 91.3 Å². The van der Waals surface area contributed by atoms with E-state index >= 15 is 0 Å². The Morgan fingerprint density at radius 3 is 2.13 bits per heavy atom. The molecule has 0 radical (unpaired) electrons. The first-order chi connectivity index (χ1) is 28.7. The number of ether oxygens (including phenoxy) is 2. The summed E-state index contributed by atoms with van der Waals surface area (Å²) in [5.74, 6) is -4.42. The molecule has 0 bridgehead atoms. The molecule has 1 heterocycles. The zero-order valence-electron chi connectivity index (χ0n) is 31.7. The first kappa shape index (κ1) is 42.6. The van der Waals surface area contributed by atoms with Crippen LogP contribution in [0.15, 0.2) is 90.0 Å². The summed E-state index contributed by atoms with van der Waals surface area (Å²) in [5.41, 5.74) is 11.0. The number of para-hydroxylation sites is 2. The van der Waals surface area contributed by atoms with Crippen molar-refractivity contribution < 1.29 is 48.1 Å². The Kier molecular flexibility index (Phi) is 13.3. The zero-order valence-corrected chi connectivity index (χ0v) is 33.2. The number of nitrogens with one attached hydrogen (secondary N) is 3. The van der Waals surface area contributed by atoms with Gasteiger partial charge in [-0.1, -0.05) is 83.9 Å². The highest BCUT2D eigenvalue weighted by Gasteiger charge is 2.38. The van der Waals surface area contributed by atoms with Crippen molar-refractivity contribution in [1.29, 1.82) is 0 Å². The highest BCUT2D eigenvalue weighted by molar-refractivity contribution is 6.37. The number of fused-ring (bicyclic) bond motifs is 4. The van der Waals surface area contributed by atoms with Gasteiger partial charge in [0.15, 0.2) is 12.4 Å². The van der Waals surface area contributed by atoms with Crippen molar-refractivity contribution in [1.82, 2.24) is 16.1 Å². The molecule has 4 aromatic carbocycles. The van der Waals surface area contributed by atoms with Crippen LogP contribution in [0.2, 0.25) is 10.0 Å². The Hall–Kier alpha value is -6.98. The largest absolute Gasteiger partial charge is 0.508 e. The summed E-state index contributed by atoms with van der Waals surface area (Å²) in [6.45, 7) is -0.838. The third kappa shape index (κ3) is 9.82. The lowest BCUT2D eigenvalue weighted by Gasteiger charge is -2.25. The predicted octanol–water partition coefficient (Wildman–Crippen LogP) is 4.26. The number of halogens is 2. The fourth-order valence-electron chi connectivity index (χ4n) is 6.90. The number of phenols is 1. The van der Waals surface area contributed by atoms with Crippen LogP contribution >= 0.6 is 23.2 Å². The molecule has 0 saturated carbocycles. The number of carbonyl (C=O) groups excluding carboxylic acids is 7. The Labute approximate surface area is 352 Å². The minimum atomic E-state index is -1.54. The predicted molar refractivity (Wildman–Crippen MR) is 220 cm³/mol. The molecule has 0 fully saturated rings. The topological polar surface area (TPSA) is 239 Å². The highest BCUT2D eigenvalue weighted by atomic mass is 35.5. The van der Waals surface area contributed by atoms with Gasteiger partial charge in [-0.05, 0) is 53.4 Å². The summed E-state index contributed by atoms with van der Waals surface area (Å²) >= 11 is 12.1. The maximum atomic E-state index is 14.4. The highest BCUT2D eigenvalue weighted by Crippen LogP contribution is 2.44. The fourth-order valence-corrected chi connectivity index (χ4v) is 7.39. The van der Waals surface area contributed by atoms with Gasteiger partial charge in [0.25, 0.3) is 17.7 Å². The summed E-state index contributed by atoms with van der Waals surface area (Å²) < 4.78 is 10.8. The van der Waals surface area contributed by atoms with E-state index in [9.17, 15) is 38.7 Å². The average Bonchev–Trinajstić information content (AvgIpc) is 3.48. The number of carbonyl (C=O) groups is 7. The summed E-state index contributed by atoms with van der Waals surface area (Å²) in [4.78, 5) is 93.6. The van der Waals surface area contributed by atoms with Crippen LogP contribution in [0.4, 0.5) is 21.0 Å². The Morgan fingerprint density at radius 1 is 0.917 bits per heavy atom. The number of Topliss-reactive ketones (excluding diaryl/α,β-unsaturated/α-hetero) is 1. The number of nitrogens with two attached hydrogens (primary N) is 1. The van der Waals surface area contributed by atoms with Gasteiger partial charge in [-0.3, -0.25) is 28.9 Å². The Morgan fingerprint density at radius 2 is 1.52 bits per heavy atom. The van der Waals surface area contributed by atoms with E-state index in [2.05, 4.69) is 15.7 Å². The lowest BCUT2D eigenvalue weighted by Crippen LogP contribution is -2.55. The van der Waals surface area contributed by atoms with E-state index in [1.807, 2.05) is 54.0 Å². The van der Waals surface area contributed by atoms with Crippen LogP contribution in [0.5, 0.6) is 5.75 Å². The van der Waals surface area contributed by atoms with Gasteiger partial charge in [0, 0.05) is 24.1 Å². The second kappa shape index (κ2) is 18.7. The minimum Gasteiger partial charge on any atom is -0.505 e. The number of hydrazone groups is 1. The first-order valence-electron chi connectivity index (χ1n) is 18.3. The van der Waals surface area contributed by atoms with Crippen molar-refractivity contribution in [2.45, 2.75) is 31.3 Å². The second-order valence-corrected chi connectivity index (χ2v) is 14.5. The smallest absolute Gasteiger partial charge is 0.505 e. The number of benzene rings is 4. The first-order valence-corrected chi connectivity index (χ1v) is 19.0. The Balaban J connectivity index is 1.23. The number of hydrogen-bond donors (Lipinski definition) is 5. The summed E-state index contributed by atoms with van der Waals surface area (Å²) in [6, 6.07) is 20.2. The van der Waals surface area contributed by atoms with Crippen LogP contribution in [0.3, 0.4) is 0 Å². The van der Waals surface area contributed by atoms with Crippen molar-refractivity contribution in [3.63, 3.8) is 0 Å². The van der Waals surface area contributed by atoms with E-state index in [1.165, 1.54) is 19.1 Å². The monoisotopic (exact) mass is 857 g/mol. The molecular weight excluding hydrogens is 821 g/mol. The molecule has 2 aliphatic rings. The lowest BCUT2D eigenvalue weighted by molar-refractivity contribution is -0.125. The van der Waals surface area contributed by atoms with Crippen LogP contribution < -0.4 is 31.6 Å². The van der Waals surface area contributed by atoms with Gasteiger partial charge in [0.2, 0.25) is 5.91 Å². The van der Waals surface area contributed by atoms with Gasteiger partial charge >= 0.3 is 12.2 Å². The van der Waals surface area contributed by atoms with Gasteiger partial charge in [0.1, 0.15) is 25.0 Å². The van der Waals surface area contributed by atoms with Crippen LogP contribution in [0.1, 0.15) is 40.7 Å². The van der Waals surface area contributed by atoms with Gasteiger partial charge in [-0.2, -0.15) is 5.10 Å². The number of primary amides is 1.